The Morgan fingerprint density at radius 1 is 1.12 bits per heavy atom. The number of rotatable bonds is 9. The topological polar surface area (TPSA) is 119 Å². The lowest BCUT2D eigenvalue weighted by Crippen LogP contribution is -2.42. The quantitative estimate of drug-likeness (QED) is 0.536. The first-order chi connectivity index (χ1) is 15.3. The number of halogens is 1. The number of aryl methyl sites for hydroxylation is 1. The minimum Gasteiger partial charge on any atom is -0.383 e. The van der Waals surface area contributed by atoms with Crippen LogP contribution >= 0.6 is 11.6 Å². The normalized spacial score (nSPS) is 12.0. The van der Waals surface area contributed by atoms with Crippen LogP contribution in [0.4, 0.5) is 11.5 Å². The number of nitrogens with zero attached hydrogens (tertiary/aromatic N) is 4. The van der Waals surface area contributed by atoms with Gasteiger partial charge in [-0.05, 0) is 30.8 Å². The second kappa shape index (κ2) is 10.9. The maximum absolute atomic E-state index is 13.3. The fourth-order valence-corrected chi connectivity index (χ4v) is 3.82. The molecule has 0 fully saturated rings. The van der Waals surface area contributed by atoms with Crippen molar-refractivity contribution in [1.82, 2.24) is 19.3 Å². The molecule has 0 aliphatic carbocycles. The van der Waals surface area contributed by atoms with E-state index in [1.807, 2.05) is 34.6 Å². The molecule has 0 unspecified atom stereocenters. The summed E-state index contributed by atoms with van der Waals surface area (Å²) in [5.41, 5.74) is 6.26. The molecule has 2 aromatic rings. The molecule has 0 saturated heterocycles. The SMILES string of the molecule is Cc1nn(CC(C)C)c(Cl)c1/C=C/C(=O)N(CC(C)C)c1c(N)n(CC(C)C)c(=O)[nH]c1=O. The van der Waals surface area contributed by atoms with E-state index in [0.29, 0.717) is 35.4 Å². The van der Waals surface area contributed by atoms with Crippen LogP contribution in [0.3, 0.4) is 0 Å². The number of aromatic amines is 1. The van der Waals surface area contributed by atoms with Crippen LogP contribution in [-0.4, -0.2) is 31.8 Å². The molecule has 0 atom stereocenters. The minimum absolute atomic E-state index is 0.0289. The highest BCUT2D eigenvalue weighted by molar-refractivity contribution is 6.31. The largest absolute Gasteiger partial charge is 0.383 e. The summed E-state index contributed by atoms with van der Waals surface area (Å²) in [7, 11) is 0. The van der Waals surface area contributed by atoms with Gasteiger partial charge in [0.25, 0.3) is 11.5 Å². The molecule has 0 aliphatic heterocycles. The second-order valence-electron chi connectivity index (χ2n) is 9.54. The van der Waals surface area contributed by atoms with Crippen LogP contribution < -0.4 is 21.9 Å². The van der Waals surface area contributed by atoms with Gasteiger partial charge in [0.05, 0.1) is 5.69 Å². The summed E-state index contributed by atoms with van der Waals surface area (Å²) in [5, 5.41) is 4.90. The highest BCUT2D eigenvalue weighted by Crippen LogP contribution is 2.24. The van der Waals surface area contributed by atoms with Crippen LogP contribution in [0.2, 0.25) is 5.15 Å². The number of anilines is 2. The Bertz CT molecular complexity index is 1140. The molecule has 0 bridgehead atoms. The van der Waals surface area contributed by atoms with Crippen molar-refractivity contribution in [2.45, 2.75) is 61.6 Å². The van der Waals surface area contributed by atoms with Crippen LogP contribution in [0.5, 0.6) is 0 Å². The van der Waals surface area contributed by atoms with Crippen molar-refractivity contribution in [3.63, 3.8) is 0 Å². The number of nitrogens with one attached hydrogen (secondary N) is 1. The van der Waals surface area contributed by atoms with Crippen molar-refractivity contribution in [1.29, 1.82) is 0 Å². The van der Waals surface area contributed by atoms with Gasteiger partial charge in [-0.25, -0.2) is 4.79 Å². The maximum Gasteiger partial charge on any atom is 0.330 e. The summed E-state index contributed by atoms with van der Waals surface area (Å²) in [6, 6.07) is 0. The smallest absolute Gasteiger partial charge is 0.330 e. The Labute approximate surface area is 199 Å². The Kier molecular flexibility index (Phi) is 8.71. The van der Waals surface area contributed by atoms with Crippen LogP contribution in [0.15, 0.2) is 15.7 Å². The molecule has 0 radical (unpaired) electrons. The number of hydrogen-bond acceptors (Lipinski definition) is 5. The van der Waals surface area contributed by atoms with Gasteiger partial charge in [0.15, 0.2) is 5.69 Å². The molecule has 3 N–H and O–H groups in total. The molecule has 182 valence electrons. The first-order valence-corrected chi connectivity index (χ1v) is 11.6. The molecular formula is C23H35ClN6O3. The number of carbonyl (C=O) groups is 1. The van der Waals surface area contributed by atoms with Crippen LogP contribution in [0, 0.1) is 24.7 Å². The van der Waals surface area contributed by atoms with Gasteiger partial charge < -0.3 is 10.6 Å². The highest BCUT2D eigenvalue weighted by Gasteiger charge is 2.24. The molecule has 10 heteroatoms. The number of H-pyrrole nitrogens is 1. The number of nitrogen functional groups attached to an aromatic ring is 1. The van der Waals surface area contributed by atoms with Crippen molar-refractivity contribution in [2.24, 2.45) is 17.8 Å². The van der Waals surface area contributed by atoms with E-state index in [4.69, 9.17) is 17.3 Å². The summed E-state index contributed by atoms with van der Waals surface area (Å²) < 4.78 is 3.00. The lowest BCUT2D eigenvalue weighted by Gasteiger charge is -2.25. The maximum atomic E-state index is 13.3. The number of amides is 1. The zero-order valence-corrected chi connectivity index (χ0v) is 21.2. The van der Waals surface area contributed by atoms with Crippen molar-refractivity contribution in [3.8, 4) is 0 Å². The Hall–Kier alpha value is -2.81. The van der Waals surface area contributed by atoms with Gasteiger partial charge in [0.2, 0.25) is 0 Å². The van der Waals surface area contributed by atoms with Gasteiger partial charge in [-0.2, -0.15) is 5.10 Å². The first kappa shape index (κ1) is 26.4. The van der Waals surface area contributed by atoms with Gasteiger partial charge in [-0.3, -0.25) is 23.8 Å². The summed E-state index contributed by atoms with van der Waals surface area (Å²) in [6.07, 6.45) is 2.96. The molecule has 0 spiro atoms. The summed E-state index contributed by atoms with van der Waals surface area (Å²) in [5.74, 6) is 0.0516. The van der Waals surface area contributed by atoms with Gasteiger partial charge in [-0.1, -0.05) is 53.1 Å². The molecule has 0 aromatic carbocycles. The summed E-state index contributed by atoms with van der Waals surface area (Å²) in [6.45, 7) is 14.9. The van der Waals surface area contributed by atoms with Gasteiger partial charge in [0, 0.05) is 31.3 Å². The van der Waals surface area contributed by atoms with E-state index in [9.17, 15) is 14.4 Å². The van der Waals surface area contributed by atoms with Crippen LogP contribution in [-0.2, 0) is 17.9 Å². The number of hydrogen-bond donors (Lipinski definition) is 2. The van der Waals surface area contributed by atoms with E-state index >= 15 is 0 Å². The Morgan fingerprint density at radius 2 is 1.73 bits per heavy atom. The van der Waals surface area contributed by atoms with Gasteiger partial charge in [-0.15, -0.1) is 0 Å². The molecule has 33 heavy (non-hydrogen) atoms. The summed E-state index contributed by atoms with van der Waals surface area (Å²) in [4.78, 5) is 41.9. The molecule has 2 aromatic heterocycles. The number of carbonyl (C=O) groups excluding carboxylic acids is 1. The van der Waals surface area contributed by atoms with E-state index in [-0.39, 0.29) is 29.9 Å². The molecule has 1 amide bonds. The predicted octanol–water partition coefficient (Wildman–Crippen LogP) is 3.29. The number of nitrogens with two attached hydrogens (primary N) is 1. The fraction of sp³-hybridized carbons (Fsp3) is 0.565. The zero-order chi connectivity index (χ0) is 25.0. The van der Waals surface area contributed by atoms with Crippen molar-refractivity contribution in [3.05, 3.63) is 43.3 Å². The van der Waals surface area contributed by atoms with E-state index in [0.717, 1.165) is 0 Å². The monoisotopic (exact) mass is 478 g/mol. The summed E-state index contributed by atoms with van der Waals surface area (Å²) >= 11 is 6.49. The van der Waals surface area contributed by atoms with E-state index in [1.54, 1.807) is 10.8 Å². The molecule has 9 nitrogen and oxygen atoms in total. The molecular weight excluding hydrogens is 444 g/mol. The van der Waals surface area contributed by atoms with E-state index < -0.39 is 17.2 Å². The lowest BCUT2D eigenvalue weighted by molar-refractivity contribution is -0.114. The van der Waals surface area contributed by atoms with Crippen molar-refractivity contribution in [2.75, 3.05) is 17.2 Å². The minimum atomic E-state index is -0.695. The van der Waals surface area contributed by atoms with Crippen molar-refractivity contribution >= 4 is 35.1 Å². The third kappa shape index (κ3) is 6.37. The van der Waals surface area contributed by atoms with Gasteiger partial charge >= 0.3 is 5.69 Å². The fourth-order valence-electron chi connectivity index (χ4n) is 3.51. The molecule has 2 rings (SSSR count). The third-order valence-corrected chi connectivity index (χ3v) is 5.28. The molecule has 0 saturated carbocycles. The lowest BCUT2D eigenvalue weighted by atomic mass is 10.1. The van der Waals surface area contributed by atoms with Crippen molar-refractivity contribution < 1.29 is 4.79 Å². The predicted molar refractivity (Wildman–Crippen MR) is 134 cm³/mol. The van der Waals surface area contributed by atoms with Crippen LogP contribution in [0.1, 0.15) is 52.8 Å². The molecule has 0 aliphatic rings. The standard InChI is InChI=1S/C23H35ClN6O3/c1-13(2)10-28(19-21(25)29(11-14(3)4)23(33)26-22(19)32)18(31)9-8-17-16(7)27-30(20(17)24)12-15(5)6/h8-9,13-15H,10-12,25H2,1-7H3,(H,26,32,33)/b9-8+. The second-order valence-corrected chi connectivity index (χ2v) is 9.90. The Morgan fingerprint density at radius 3 is 2.27 bits per heavy atom. The Balaban J connectivity index is 2.51. The highest BCUT2D eigenvalue weighted by atomic mass is 35.5. The average molecular weight is 479 g/mol. The zero-order valence-electron chi connectivity index (χ0n) is 20.5. The van der Waals surface area contributed by atoms with E-state index in [2.05, 4.69) is 23.9 Å². The van der Waals surface area contributed by atoms with Crippen LogP contribution in [0.25, 0.3) is 6.08 Å². The third-order valence-electron chi connectivity index (χ3n) is 4.89. The van der Waals surface area contributed by atoms with Gasteiger partial charge in [0.1, 0.15) is 11.0 Å². The molecule has 2 heterocycles. The average Bonchev–Trinajstić information content (AvgIpc) is 2.94. The number of aromatic nitrogens is 4. The first-order valence-electron chi connectivity index (χ1n) is 11.2. The van der Waals surface area contributed by atoms with E-state index in [1.165, 1.54) is 15.5 Å².